The van der Waals surface area contributed by atoms with Gasteiger partial charge in [-0.15, -0.1) is 0 Å². The Labute approximate surface area is 104 Å². The molecule has 0 radical (unpaired) electrons. The Bertz CT molecular complexity index is 379. The summed E-state index contributed by atoms with van der Waals surface area (Å²) in [6.45, 7) is 4.20. The number of nitrogens with one attached hydrogen (secondary N) is 1. The lowest BCUT2D eigenvalue weighted by Crippen LogP contribution is -2.24. The Morgan fingerprint density at radius 2 is 2.35 bits per heavy atom. The van der Waals surface area contributed by atoms with E-state index in [2.05, 4.69) is 35.6 Å². The summed E-state index contributed by atoms with van der Waals surface area (Å²) >= 11 is 0. The summed E-state index contributed by atoms with van der Waals surface area (Å²) in [4.78, 5) is 0. The zero-order chi connectivity index (χ0) is 12.1. The molecule has 0 aliphatic heterocycles. The molecule has 1 aliphatic rings. The minimum Gasteiger partial charge on any atom is -0.311 e. The Balaban J connectivity index is 1.77. The molecular weight excluding hydrogens is 210 g/mol. The van der Waals surface area contributed by atoms with Gasteiger partial charge in [0.2, 0.25) is 0 Å². The molecule has 1 aromatic rings. The molecule has 1 N–H and O–H groups in total. The van der Waals surface area contributed by atoms with E-state index in [0.717, 1.165) is 25.4 Å². The van der Waals surface area contributed by atoms with E-state index >= 15 is 0 Å². The fraction of sp³-hybridized carbons (Fsp3) is 0.643. The lowest BCUT2D eigenvalue weighted by molar-refractivity contribution is 0.436. The second-order valence-corrected chi connectivity index (χ2v) is 4.89. The second kappa shape index (κ2) is 6.01. The van der Waals surface area contributed by atoms with E-state index in [4.69, 9.17) is 0 Å². The minimum absolute atomic E-state index is 0.818. The van der Waals surface area contributed by atoms with Gasteiger partial charge in [0.05, 0.1) is 11.4 Å². The number of nitrogens with zero attached hydrogens (tertiary/aromatic N) is 2. The van der Waals surface area contributed by atoms with Crippen LogP contribution in [0.25, 0.3) is 0 Å². The van der Waals surface area contributed by atoms with Crippen molar-refractivity contribution in [3.05, 3.63) is 29.6 Å². The van der Waals surface area contributed by atoms with E-state index < -0.39 is 0 Å². The Hall–Kier alpha value is -1.09. The van der Waals surface area contributed by atoms with Gasteiger partial charge >= 0.3 is 0 Å². The van der Waals surface area contributed by atoms with Crippen LogP contribution in [-0.2, 0) is 20.0 Å². The fourth-order valence-corrected chi connectivity index (χ4v) is 2.36. The lowest BCUT2D eigenvalue weighted by atomic mass is 9.94. The Kier molecular flexibility index (Phi) is 4.37. The van der Waals surface area contributed by atoms with E-state index in [1.165, 1.54) is 30.7 Å². The summed E-state index contributed by atoms with van der Waals surface area (Å²) in [5.74, 6) is 0.818. The molecule has 3 nitrogen and oxygen atoms in total. The Morgan fingerprint density at radius 3 is 3.00 bits per heavy atom. The van der Waals surface area contributed by atoms with E-state index in [9.17, 15) is 0 Å². The van der Waals surface area contributed by atoms with Gasteiger partial charge in [0.15, 0.2) is 0 Å². The van der Waals surface area contributed by atoms with Crippen LogP contribution in [0.5, 0.6) is 0 Å². The van der Waals surface area contributed by atoms with Gasteiger partial charge < -0.3 is 5.32 Å². The fourth-order valence-electron chi connectivity index (χ4n) is 2.36. The standard InChI is InChI=1S/C14H23N3/c1-3-13-9-14(17(2)16-13)11-15-10-12-7-5-4-6-8-12/h4-5,9,12,15H,3,6-8,10-11H2,1-2H3. The van der Waals surface area contributed by atoms with Crippen LogP contribution in [0.15, 0.2) is 18.2 Å². The molecule has 0 amide bonds. The van der Waals surface area contributed by atoms with Crippen LogP contribution in [-0.4, -0.2) is 16.3 Å². The highest BCUT2D eigenvalue weighted by molar-refractivity contribution is 5.09. The van der Waals surface area contributed by atoms with Gasteiger partial charge in [0, 0.05) is 13.6 Å². The predicted octanol–water partition coefficient (Wildman–Crippen LogP) is 2.43. The van der Waals surface area contributed by atoms with Gasteiger partial charge in [0.1, 0.15) is 0 Å². The van der Waals surface area contributed by atoms with Gasteiger partial charge in [0.25, 0.3) is 0 Å². The Morgan fingerprint density at radius 1 is 1.47 bits per heavy atom. The van der Waals surface area contributed by atoms with Gasteiger partial charge in [-0.05, 0) is 44.2 Å². The number of allylic oxidation sites excluding steroid dienone is 2. The molecule has 0 saturated carbocycles. The third kappa shape index (κ3) is 3.43. The number of hydrogen-bond acceptors (Lipinski definition) is 2. The number of aryl methyl sites for hydroxylation is 2. The van der Waals surface area contributed by atoms with Crippen LogP contribution in [0.1, 0.15) is 37.6 Å². The van der Waals surface area contributed by atoms with Crippen LogP contribution in [0.3, 0.4) is 0 Å². The first-order valence-electron chi connectivity index (χ1n) is 6.67. The number of rotatable bonds is 5. The van der Waals surface area contributed by atoms with Crippen LogP contribution in [0.2, 0.25) is 0 Å². The maximum absolute atomic E-state index is 4.46. The highest BCUT2D eigenvalue weighted by atomic mass is 15.3. The van der Waals surface area contributed by atoms with E-state index in [0.29, 0.717) is 0 Å². The first kappa shape index (κ1) is 12.4. The van der Waals surface area contributed by atoms with Crippen molar-refractivity contribution in [3.63, 3.8) is 0 Å². The minimum atomic E-state index is 0.818. The quantitative estimate of drug-likeness (QED) is 0.792. The third-order valence-corrected chi connectivity index (χ3v) is 3.51. The van der Waals surface area contributed by atoms with Gasteiger partial charge in [-0.25, -0.2) is 0 Å². The molecule has 1 unspecified atom stereocenters. The zero-order valence-corrected chi connectivity index (χ0v) is 10.9. The van der Waals surface area contributed by atoms with Crippen molar-refractivity contribution in [2.24, 2.45) is 13.0 Å². The summed E-state index contributed by atoms with van der Waals surface area (Å²) in [6, 6.07) is 2.20. The molecule has 3 heteroatoms. The molecule has 1 aliphatic carbocycles. The summed E-state index contributed by atoms with van der Waals surface area (Å²) in [5.41, 5.74) is 2.47. The zero-order valence-electron chi connectivity index (χ0n) is 10.9. The van der Waals surface area contributed by atoms with E-state index in [1.54, 1.807) is 0 Å². The van der Waals surface area contributed by atoms with E-state index in [-0.39, 0.29) is 0 Å². The van der Waals surface area contributed by atoms with E-state index in [1.807, 2.05) is 11.7 Å². The summed E-state index contributed by atoms with van der Waals surface area (Å²) in [5, 5.41) is 8.01. The molecule has 0 bridgehead atoms. The maximum Gasteiger partial charge on any atom is 0.0625 e. The number of aromatic nitrogens is 2. The van der Waals surface area contributed by atoms with Crippen LogP contribution >= 0.6 is 0 Å². The van der Waals surface area contributed by atoms with Gasteiger partial charge in [-0.1, -0.05) is 19.1 Å². The van der Waals surface area contributed by atoms with Crippen LogP contribution < -0.4 is 5.32 Å². The third-order valence-electron chi connectivity index (χ3n) is 3.51. The molecule has 2 rings (SSSR count). The molecular formula is C14H23N3. The molecule has 1 heterocycles. The summed E-state index contributed by atoms with van der Waals surface area (Å²) in [7, 11) is 2.03. The van der Waals surface area contributed by atoms with Crippen molar-refractivity contribution in [1.29, 1.82) is 0 Å². The molecule has 0 spiro atoms. The van der Waals surface area contributed by atoms with Crippen molar-refractivity contribution < 1.29 is 0 Å². The highest BCUT2D eigenvalue weighted by Gasteiger charge is 2.09. The molecule has 0 fully saturated rings. The van der Waals surface area contributed by atoms with Crippen molar-refractivity contribution >= 4 is 0 Å². The average Bonchev–Trinajstić information content (AvgIpc) is 2.72. The van der Waals surface area contributed by atoms with Crippen molar-refractivity contribution in [2.75, 3.05) is 6.54 Å². The van der Waals surface area contributed by atoms with Crippen LogP contribution in [0, 0.1) is 5.92 Å². The molecule has 1 atom stereocenters. The second-order valence-electron chi connectivity index (χ2n) is 4.89. The van der Waals surface area contributed by atoms with Crippen LogP contribution in [0.4, 0.5) is 0 Å². The summed E-state index contributed by atoms with van der Waals surface area (Å²) < 4.78 is 1.99. The largest absolute Gasteiger partial charge is 0.311 e. The normalized spacial score (nSPS) is 19.8. The molecule has 94 valence electrons. The van der Waals surface area contributed by atoms with Crippen molar-refractivity contribution in [1.82, 2.24) is 15.1 Å². The highest BCUT2D eigenvalue weighted by Crippen LogP contribution is 2.17. The van der Waals surface area contributed by atoms with Gasteiger partial charge in [-0.3, -0.25) is 4.68 Å². The monoisotopic (exact) mass is 233 g/mol. The van der Waals surface area contributed by atoms with Gasteiger partial charge in [-0.2, -0.15) is 5.10 Å². The first-order chi connectivity index (χ1) is 8.29. The molecule has 0 aromatic carbocycles. The smallest absolute Gasteiger partial charge is 0.0625 e. The molecule has 0 saturated heterocycles. The average molecular weight is 233 g/mol. The molecule has 17 heavy (non-hydrogen) atoms. The summed E-state index contributed by atoms with van der Waals surface area (Å²) in [6.07, 6.45) is 9.44. The van der Waals surface area contributed by atoms with Crippen molar-refractivity contribution in [2.45, 2.75) is 39.2 Å². The lowest BCUT2D eigenvalue weighted by Gasteiger charge is -2.18. The molecule has 1 aromatic heterocycles. The SMILES string of the molecule is CCc1cc(CNCC2CC=CCC2)n(C)n1. The van der Waals surface area contributed by atoms with Crippen molar-refractivity contribution in [3.8, 4) is 0 Å². The topological polar surface area (TPSA) is 29.9 Å². The number of hydrogen-bond donors (Lipinski definition) is 1. The predicted molar refractivity (Wildman–Crippen MR) is 70.8 cm³/mol. The maximum atomic E-state index is 4.46. The first-order valence-corrected chi connectivity index (χ1v) is 6.67.